The maximum Gasteiger partial charge on any atom is 0.331 e. The summed E-state index contributed by atoms with van der Waals surface area (Å²) in [7, 11) is 0. The van der Waals surface area contributed by atoms with E-state index in [-0.39, 0.29) is 36.0 Å². The number of benzene rings is 1. The second kappa shape index (κ2) is 8.39. The summed E-state index contributed by atoms with van der Waals surface area (Å²) in [6.45, 7) is 4.27. The molecule has 1 aromatic rings. The van der Waals surface area contributed by atoms with Crippen molar-refractivity contribution in [1.82, 2.24) is 4.90 Å². The van der Waals surface area contributed by atoms with Gasteiger partial charge >= 0.3 is 5.97 Å². The van der Waals surface area contributed by atoms with Crippen LogP contribution in [0.15, 0.2) is 30.3 Å². The Morgan fingerprint density at radius 3 is 2.60 bits per heavy atom. The fraction of sp³-hybridized carbons (Fsp3) is 0.412. The first-order chi connectivity index (χ1) is 11.9. The molecule has 0 spiro atoms. The van der Waals surface area contributed by atoms with Crippen LogP contribution in [-0.4, -0.2) is 53.6 Å². The van der Waals surface area contributed by atoms with E-state index in [0.717, 1.165) is 6.08 Å². The number of para-hydroxylation sites is 1. The zero-order chi connectivity index (χ0) is 18.4. The van der Waals surface area contributed by atoms with E-state index >= 15 is 0 Å². The molecule has 1 aliphatic rings. The number of ether oxygens (including phenoxy) is 2. The Hall–Kier alpha value is -2.74. The van der Waals surface area contributed by atoms with Gasteiger partial charge in [-0.3, -0.25) is 14.9 Å². The van der Waals surface area contributed by atoms with Crippen LogP contribution in [-0.2, 0) is 19.1 Å². The molecule has 1 fully saturated rings. The largest absolute Gasteiger partial charge is 0.452 e. The van der Waals surface area contributed by atoms with Crippen LogP contribution in [0, 0.1) is 10.1 Å². The lowest BCUT2D eigenvalue weighted by molar-refractivity contribution is -0.385. The van der Waals surface area contributed by atoms with Crippen molar-refractivity contribution in [2.75, 3.05) is 19.7 Å². The van der Waals surface area contributed by atoms with Crippen molar-refractivity contribution in [2.45, 2.75) is 26.1 Å². The molecule has 1 aromatic carbocycles. The van der Waals surface area contributed by atoms with Crippen LogP contribution in [0.4, 0.5) is 5.69 Å². The van der Waals surface area contributed by atoms with Gasteiger partial charge in [-0.2, -0.15) is 0 Å². The highest BCUT2D eigenvalue weighted by Gasteiger charge is 2.26. The Morgan fingerprint density at radius 1 is 1.32 bits per heavy atom. The Kier molecular flexibility index (Phi) is 6.24. The van der Waals surface area contributed by atoms with Crippen molar-refractivity contribution in [3.05, 3.63) is 46.0 Å². The summed E-state index contributed by atoms with van der Waals surface area (Å²) in [5.41, 5.74) is 0.172. The first-order valence-electron chi connectivity index (χ1n) is 7.88. The Morgan fingerprint density at radius 2 is 1.96 bits per heavy atom. The Bertz CT molecular complexity index is 677. The minimum atomic E-state index is -0.735. The predicted molar refractivity (Wildman–Crippen MR) is 89.7 cm³/mol. The number of rotatable bonds is 5. The van der Waals surface area contributed by atoms with Gasteiger partial charge < -0.3 is 14.4 Å². The van der Waals surface area contributed by atoms with E-state index in [1.54, 1.807) is 11.0 Å². The van der Waals surface area contributed by atoms with Gasteiger partial charge in [-0.25, -0.2) is 4.79 Å². The highest BCUT2D eigenvalue weighted by molar-refractivity contribution is 5.90. The first kappa shape index (κ1) is 18.6. The van der Waals surface area contributed by atoms with E-state index in [4.69, 9.17) is 9.47 Å². The third kappa shape index (κ3) is 5.39. The van der Waals surface area contributed by atoms with Gasteiger partial charge in [0.2, 0.25) is 0 Å². The standard InChI is InChI=1S/C17H20N2O6/c1-12-9-18(10-13(2)25-12)16(20)11-24-17(21)8-7-14-5-3-4-6-15(14)19(22)23/h3-8,12-13H,9-11H2,1-2H3/b8-7+/t12-,13+. The predicted octanol–water partition coefficient (Wildman–Crippen LogP) is 1.79. The van der Waals surface area contributed by atoms with E-state index < -0.39 is 10.9 Å². The normalized spacial score (nSPS) is 20.5. The fourth-order valence-electron chi connectivity index (χ4n) is 2.61. The maximum atomic E-state index is 12.1. The van der Waals surface area contributed by atoms with Crippen LogP contribution >= 0.6 is 0 Å². The molecule has 8 nitrogen and oxygen atoms in total. The van der Waals surface area contributed by atoms with Gasteiger partial charge in [0.25, 0.3) is 11.6 Å². The number of carbonyl (C=O) groups is 2. The summed E-state index contributed by atoms with van der Waals surface area (Å²) in [6.07, 6.45) is 2.23. The van der Waals surface area contributed by atoms with Crippen molar-refractivity contribution in [2.24, 2.45) is 0 Å². The van der Waals surface area contributed by atoms with Crippen molar-refractivity contribution < 1.29 is 24.0 Å². The highest BCUT2D eigenvalue weighted by Crippen LogP contribution is 2.19. The summed E-state index contributed by atoms with van der Waals surface area (Å²) in [5, 5.41) is 10.9. The number of esters is 1. The average molecular weight is 348 g/mol. The highest BCUT2D eigenvalue weighted by atomic mass is 16.6. The van der Waals surface area contributed by atoms with Gasteiger partial charge in [0.15, 0.2) is 6.61 Å². The molecule has 0 saturated carbocycles. The van der Waals surface area contributed by atoms with Gasteiger partial charge in [-0.15, -0.1) is 0 Å². The molecule has 0 aromatic heterocycles. The van der Waals surface area contributed by atoms with Crippen molar-refractivity contribution in [3.8, 4) is 0 Å². The lowest BCUT2D eigenvalue weighted by Crippen LogP contribution is -2.49. The maximum absolute atomic E-state index is 12.1. The summed E-state index contributed by atoms with van der Waals surface area (Å²) in [6, 6.07) is 6.03. The van der Waals surface area contributed by atoms with Gasteiger partial charge in [0.1, 0.15) is 0 Å². The van der Waals surface area contributed by atoms with Crippen LogP contribution < -0.4 is 0 Å². The number of hydrogen-bond donors (Lipinski definition) is 0. The zero-order valence-corrected chi connectivity index (χ0v) is 14.1. The van der Waals surface area contributed by atoms with Gasteiger partial charge in [0.05, 0.1) is 22.7 Å². The minimum absolute atomic E-state index is 0.0677. The molecule has 2 atom stereocenters. The van der Waals surface area contributed by atoms with E-state index in [2.05, 4.69) is 0 Å². The average Bonchev–Trinajstić information content (AvgIpc) is 2.57. The molecule has 1 amide bonds. The summed E-state index contributed by atoms with van der Waals surface area (Å²) in [5.74, 6) is -1.03. The molecule has 1 saturated heterocycles. The molecule has 0 unspecified atom stereocenters. The number of morpholine rings is 1. The van der Waals surface area contributed by atoms with Crippen molar-refractivity contribution >= 4 is 23.6 Å². The van der Waals surface area contributed by atoms with Crippen molar-refractivity contribution in [1.29, 1.82) is 0 Å². The smallest absolute Gasteiger partial charge is 0.331 e. The molecule has 25 heavy (non-hydrogen) atoms. The van der Waals surface area contributed by atoms with E-state index in [1.807, 2.05) is 13.8 Å². The number of amides is 1. The van der Waals surface area contributed by atoms with Crippen LogP contribution in [0.5, 0.6) is 0 Å². The molecule has 2 rings (SSSR count). The summed E-state index contributed by atoms with van der Waals surface area (Å²) < 4.78 is 10.5. The lowest BCUT2D eigenvalue weighted by atomic mass is 10.1. The molecule has 0 bridgehead atoms. The Labute approximate surface area is 145 Å². The topological polar surface area (TPSA) is 99.0 Å². The van der Waals surface area contributed by atoms with E-state index in [0.29, 0.717) is 13.1 Å². The second-order valence-corrected chi connectivity index (χ2v) is 5.81. The summed E-state index contributed by atoms with van der Waals surface area (Å²) >= 11 is 0. The van der Waals surface area contributed by atoms with E-state index in [1.165, 1.54) is 24.3 Å². The van der Waals surface area contributed by atoms with Crippen LogP contribution in [0.25, 0.3) is 6.08 Å². The number of nitro benzene ring substituents is 1. The monoisotopic (exact) mass is 348 g/mol. The van der Waals surface area contributed by atoms with Crippen LogP contribution in [0.1, 0.15) is 19.4 Å². The second-order valence-electron chi connectivity index (χ2n) is 5.81. The number of hydrogen-bond acceptors (Lipinski definition) is 6. The quantitative estimate of drug-likeness (QED) is 0.348. The molecule has 0 radical (unpaired) electrons. The molecule has 0 aliphatic carbocycles. The number of nitro groups is 1. The summed E-state index contributed by atoms with van der Waals surface area (Å²) in [4.78, 5) is 35.8. The van der Waals surface area contributed by atoms with Gasteiger partial charge in [0, 0.05) is 25.2 Å². The van der Waals surface area contributed by atoms with E-state index in [9.17, 15) is 19.7 Å². The fourth-order valence-corrected chi connectivity index (χ4v) is 2.61. The third-order valence-electron chi connectivity index (χ3n) is 3.64. The number of carbonyl (C=O) groups excluding carboxylic acids is 2. The molecule has 1 heterocycles. The SMILES string of the molecule is C[C@@H]1CN(C(=O)COC(=O)/C=C/c2ccccc2[N+](=O)[O-])C[C@H](C)O1. The molecule has 1 aliphatic heterocycles. The van der Waals surface area contributed by atoms with Crippen LogP contribution in [0.3, 0.4) is 0 Å². The lowest BCUT2D eigenvalue weighted by Gasteiger charge is -2.35. The van der Waals surface area contributed by atoms with Crippen molar-refractivity contribution in [3.63, 3.8) is 0 Å². The van der Waals surface area contributed by atoms with Crippen LogP contribution in [0.2, 0.25) is 0 Å². The minimum Gasteiger partial charge on any atom is -0.452 e. The number of nitrogens with zero attached hydrogens (tertiary/aromatic N) is 2. The first-order valence-corrected chi connectivity index (χ1v) is 7.88. The molecule has 0 N–H and O–H groups in total. The molecule has 8 heteroatoms. The van der Waals surface area contributed by atoms with Gasteiger partial charge in [-0.05, 0) is 26.0 Å². The van der Waals surface area contributed by atoms with Gasteiger partial charge in [-0.1, -0.05) is 12.1 Å². The zero-order valence-electron chi connectivity index (χ0n) is 14.1. The molecular weight excluding hydrogens is 328 g/mol. The third-order valence-corrected chi connectivity index (χ3v) is 3.64. The molecule has 134 valence electrons. The molecular formula is C17H20N2O6. The Balaban J connectivity index is 1.88.